The van der Waals surface area contributed by atoms with E-state index in [1.807, 2.05) is 6.92 Å². The van der Waals surface area contributed by atoms with Gasteiger partial charge in [-0.15, -0.1) is 0 Å². The van der Waals surface area contributed by atoms with E-state index < -0.39 is 0 Å². The number of hydrogen-bond acceptors (Lipinski definition) is 4. The van der Waals surface area contributed by atoms with E-state index in [2.05, 4.69) is 10.1 Å². The van der Waals surface area contributed by atoms with Crippen LogP contribution < -0.4 is 0 Å². The lowest BCUT2D eigenvalue weighted by Crippen LogP contribution is -2.11. The molecule has 0 spiro atoms. The zero-order chi connectivity index (χ0) is 9.26. The van der Waals surface area contributed by atoms with Gasteiger partial charge in [0.1, 0.15) is 0 Å². The molecule has 1 aliphatic carbocycles. The highest BCUT2D eigenvalue weighted by molar-refractivity contribution is 5.00. The highest BCUT2D eigenvalue weighted by Crippen LogP contribution is 2.33. The molecule has 1 aromatic rings. The lowest BCUT2D eigenvalue weighted by Gasteiger charge is -2.07. The fraction of sp³-hybridized carbons (Fsp3) is 0.778. The van der Waals surface area contributed by atoms with Crippen LogP contribution in [-0.2, 0) is 6.42 Å². The van der Waals surface area contributed by atoms with Crippen LogP contribution >= 0.6 is 0 Å². The summed E-state index contributed by atoms with van der Waals surface area (Å²) < 4.78 is 5.09. The van der Waals surface area contributed by atoms with Gasteiger partial charge in [-0.3, -0.25) is 0 Å². The second kappa shape index (κ2) is 3.46. The Morgan fingerprint density at radius 1 is 1.54 bits per heavy atom. The molecule has 0 aromatic carbocycles. The van der Waals surface area contributed by atoms with Gasteiger partial charge in [0.25, 0.3) is 0 Å². The van der Waals surface area contributed by atoms with E-state index in [0.29, 0.717) is 5.89 Å². The van der Waals surface area contributed by atoms with E-state index in [1.165, 1.54) is 0 Å². The van der Waals surface area contributed by atoms with Gasteiger partial charge in [0, 0.05) is 6.42 Å². The predicted octanol–water partition coefficient (Wildman–Crippen LogP) is 1.26. The van der Waals surface area contributed by atoms with E-state index in [1.54, 1.807) is 0 Å². The lowest BCUT2D eigenvalue weighted by atomic mass is 10.1. The number of rotatable bonds is 2. The van der Waals surface area contributed by atoms with Gasteiger partial charge < -0.3 is 9.63 Å². The summed E-state index contributed by atoms with van der Waals surface area (Å²) in [6.07, 6.45) is 3.37. The van der Waals surface area contributed by atoms with Crippen LogP contribution in [0.3, 0.4) is 0 Å². The van der Waals surface area contributed by atoms with Gasteiger partial charge in [-0.1, -0.05) is 12.1 Å². The van der Waals surface area contributed by atoms with Crippen LogP contribution in [0, 0.1) is 0 Å². The normalized spacial score (nSPS) is 28.2. The largest absolute Gasteiger partial charge is 0.392 e. The minimum atomic E-state index is -0.287. The maximum Gasteiger partial charge on any atom is 0.232 e. The molecule has 13 heavy (non-hydrogen) atoms. The highest BCUT2D eigenvalue weighted by atomic mass is 16.5. The Morgan fingerprint density at radius 2 is 2.38 bits per heavy atom. The van der Waals surface area contributed by atoms with E-state index in [0.717, 1.165) is 31.5 Å². The Morgan fingerprint density at radius 3 is 2.92 bits per heavy atom. The molecule has 2 rings (SSSR count). The molecule has 0 saturated heterocycles. The Labute approximate surface area is 77.0 Å². The number of aliphatic hydroxyl groups is 1. The van der Waals surface area contributed by atoms with Crippen LogP contribution in [0.25, 0.3) is 0 Å². The molecule has 1 N–H and O–H groups in total. The SMILES string of the molecule is CCc1noc(C2CCCC2O)n1. The average molecular weight is 182 g/mol. The molecule has 2 atom stereocenters. The van der Waals surface area contributed by atoms with Crippen molar-refractivity contribution in [3.8, 4) is 0 Å². The van der Waals surface area contributed by atoms with Crippen molar-refractivity contribution >= 4 is 0 Å². The first-order valence-electron chi connectivity index (χ1n) is 4.81. The summed E-state index contributed by atoms with van der Waals surface area (Å²) in [5, 5.41) is 13.4. The first kappa shape index (κ1) is 8.69. The Hall–Kier alpha value is -0.900. The van der Waals surface area contributed by atoms with Crippen molar-refractivity contribution in [3.63, 3.8) is 0 Å². The molecule has 1 saturated carbocycles. The first-order chi connectivity index (χ1) is 6.31. The molecule has 2 unspecified atom stereocenters. The van der Waals surface area contributed by atoms with Crippen molar-refractivity contribution in [2.24, 2.45) is 0 Å². The predicted molar refractivity (Wildman–Crippen MR) is 46.3 cm³/mol. The molecule has 72 valence electrons. The summed E-state index contributed by atoms with van der Waals surface area (Å²) in [4.78, 5) is 4.22. The topological polar surface area (TPSA) is 59.2 Å². The van der Waals surface area contributed by atoms with Crippen molar-refractivity contribution < 1.29 is 9.63 Å². The van der Waals surface area contributed by atoms with Gasteiger partial charge in [-0.05, 0) is 19.3 Å². The van der Waals surface area contributed by atoms with Crippen LogP contribution in [0.4, 0.5) is 0 Å². The fourth-order valence-electron chi connectivity index (χ4n) is 1.79. The van der Waals surface area contributed by atoms with E-state index in [9.17, 15) is 5.11 Å². The molecule has 1 aromatic heterocycles. The molecular weight excluding hydrogens is 168 g/mol. The maximum atomic E-state index is 9.60. The van der Waals surface area contributed by atoms with Gasteiger partial charge >= 0.3 is 0 Å². The number of aliphatic hydroxyl groups excluding tert-OH is 1. The summed E-state index contributed by atoms with van der Waals surface area (Å²) in [5.74, 6) is 1.42. The quantitative estimate of drug-likeness (QED) is 0.748. The molecule has 1 aliphatic rings. The fourth-order valence-corrected chi connectivity index (χ4v) is 1.79. The van der Waals surface area contributed by atoms with Gasteiger partial charge in [0.15, 0.2) is 5.82 Å². The third-order valence-corrected chi connectivity index (χ3v) is 2.60. The smallest absolute Gasteiger partial charge is 0.232 e. The van der Waals surface area contributed by atoms with Crippen LogP contribution in [0.5, 0.6) is 0 Å². The van der Waals surface area contributed by atoms with Crippen LogP contribution in [0.2, 0.25) is 0 Å². The number of aromatic nitrogens is 2. The van der Waals surface area contributed by atoms with Crippen molar-refractivity contribution in [3.05, 3.63) is 11.7 Å². The van der Waals surface area contributed by atoms with E-state index in [4.69, 9.17) is 4.52 Å². The molecule has 0 aliphatic heterocycles. The average Bonchev–Trinajstić information content (AvgIpc) is 2.71. The number of hydrogen-bond donors (Lipinski definition) is 1. The maximum absolute atomic E-state index is 9.60. The summed E-state index contributed by atoms with van der Waals surface area (Å²) in [7, 11) is 0. The van der Waals surface area contributed by atoms with E-state index >= 15 is 0 Å². The van der Waals surface area contributed by atoms with Crippen molar-refractivity contribution in [2.45, 2.75) is 44.6 Å². The highest BCUT2D eigenvalue weighted by Gasteiger charge is 2.31. The minimum absolute atomic E-state index is 0.0767. The van der Waals surface area contributed by atoms with Crippen molar-refractivity contribution in [1.29, 1.82) is 0 Å². The Kier molecular flexibility index (Phi) is 2.31. The third-order valence-electron chi connectivity index (χ3n) is 2.60. The minimum Gasteiger partial charge on any atom is -0.392 e. The van der Waals surface area contributed by atoms with Crippen molar-refractivity contribution in [2.75, 3.05) is 0 Å². The second-order valence-electron chi connectivity index (χ2n) is 3.51. The monoisotopic (exact) mass is 182 g/mol. The molecule has 0 radical (unpaired) electrons. The van der Waals surface area contributed by atoms with Crippen LogP contribution in [-0.4, -0.2) is 21.4 Å². The molecule has 4 heteroatoms. The summed E-state index contributed by atoms with van der Waals surface area (Å²) >= 11 is 0. The summed E-state index contributed by atoms with van der Waals surface area (Å²) in [6, 6.07) is 0. The molecule has 0 amide bonds. The Bertz CT molecular complexity index is 285. The van der Waals surface area contributed by atoms with Crippen molar-refractivity contribution in [1.82, 2.24) is 10.1 Å². The zero-order valence-corrected chi connectivity index (χ0v) is 7.73. The summed E-state index contributed by atoms with van der Waals surface area (Å²) in [5.41, 5.74) is 0. The summed E-state index contributed by atoms with van der Waals surface area (Å²) in [6.45, 7) is 1.99. The molecular formula is C9H14N2O2. The number of nitrogens with zero attached hydrogens (tertiary/aromatic N) is 2. The van der Waals surface area contributed by atoms with Gasteiger partial charge in [-0.25, -0.2) is 0 Å². The van der Waals surface area contributed by atoms with Crippen LogP contribution in [0.15, 0.2) is 4.52 Å². The molecule has 1 fully saturated rings. The molecule has 0 bridgehead atoms. The van der Waals surface area contributed by atoms with E-state index in [-0.39, 0.29) is 12.0 Å². The van der Waals surface area contributed by atoms with Gasteiger partial charge in [0.2, 0.25) is 5.89 Å². The molecule has 4 nitrogen and oxygen atoms in total. The van der Waals surface area contributed by atoms with Gasteiger partial charge in [0.05, 0.1) is 12.0 Å². The lowest BCUT2D eigenvalue weighted by molar-refractivity contribution is 0.148. The zero-order valence-electron chi connectivity index (χ0n) is 7.73. The second-order valence-corrected chi connectivity index (χ2v) is 3.51. The molecule has 1 heterocycles. The third kappa shape index (κ3) is 1.58. The Balaban J connectivity index is 2.15. The first-order valence-corrected chi connectivity index (χ1v) is 4.81. The standard InChI is InChI=1S/C9H14N2O2/c1-2-8-10-9(13-11-8)6-4-3-5-7(6)12/h6-7,12H,2-5H2,1H3. The number of aryl methyl sites for hydroxylation is 1. The van der Waals surface area contributed by atoms with Gasteiger partial charge in [-0.2, -0.15) is 4.98 Å². The van der Waals surface area contributed by atoms with Crippen LogP contribution in [0.1, 0.15) is 43.8 Å².